The minimum Gasteiger partial charge on any atom is -0.337 e. The molecule has 0 bridgehead atoms. The first-order valence-electron chi connectivity index (χ1n) is 6.16. The largest absolute Gasteiger partial charge is 0.337 e. The van der Waals surface area contributed by atoms with E-state index in [9.17, 15) is 4.79 Å². The third-order valence-electron chi connectivity index (χ3n) is 3.41. The molecule has 1 aliphatic heterocycles. The minimum absolute atomic E-state index is 0.0856. The average Bonchev–Trinajstić information content (AvgIpc) is 2.42. The van der Waals surface area contributed by atoms with Gasteiger partial charge in [0.2, 0.25) is 5.91 Å². The summed E-state index contributed by atoms with van der Waals surface area (Å²) in [5.41, 5.74) is 0.0856. The first-order valence-corrected chi connectivity index (χ1v) is 6.16. The topological polar surface area (TPSA) is 20.3 Å². The molecule has 1 aliphatic rings. The number of carbonyl (C=O) groups is 1. The number of amides is 1. The Kier molecular flexibility index (Phi) is 3.80. The van der Waals surface area contributed by atoms with E-state index in [1.165, 1.54) is 0 Å². The maximum atomic E-state index is 12.2. The van der Waals surface area contributed by atoms with Gasteiger partial charge in [0.15, 0.2) is 0 Å². The van der Waals surface area contributed by atoms with E-state index in [4.69, 9.17) is 0 Å². The van der Waals surface area contributed by atoms with Crippen LogP contribution in [0.15, 0.2) is 0 Å². The van der Waals surface area contributed by atoms with E-state index in [1.54, 1.807) is 0 Å². The van der Waals surface area contributed by atoms with Crippen molar-refractivity contribution < 1.29 is 4.79 Å². The summed E-state index contributed by atoms with van der Waals surface area (Å²) in [5, 5.41) is 0. The van der Waals surface area contributed by atoms with Gasteiger partial charge in [-0.25, -0.2) is 0 Å². The second-order valence-corrected chi connectivity index (χ2v) is 5.94. The summed E-state index contributed by atoms with van der Waals surface area (Å²) in [6, 6.07) is 0. The molecule has 88 valence electrons. The third kappa shape index (κ3) is 2.96. The van der Waals surface area contributed by atoms with Crippen molar-refractivity contribution in [3.63, 3.8) is 0 Å². The molecule has 0 aromatic heterocycles. The fraction of sp³-hybridized carbons (Fsp3) is 0.923. The third-order valence-corrected chi connectivity index (χ3v) is 3.41. The summed E-state index contributed by atoms with van der Waals surface area (Å²) < 4.78 is 0. The molecule has 1 heterocycles. The molecular weight excluding hydrogens is 186 g/mol. The van der Waals surface area contributed by atoms with Crippen LogP contribution in [0.25, 0.3) is 0 Å². The summed E-state index contributed by atoms with van der Waals surface area (Å²) in [5.74, 6) is 1.14. The zero-order chi connectivity index (χ0) is 11.6. The lowest BCUT2D eigenvalue weighted by molar-refractivity contribution is -0.138. The monoisotopic (exact) mass is 211 g/mol. The first-order chi connectivity index (χ1) is 6.84. The average molecular weight is 211 g/mol. The Hall–Kier alpha value is -0.530. The molecule has 0 radical (unpaired) electrons. The predicted octanol–water partition coefficient (Wildman–Crippen LogP) is 3.07. The summed E-state index contributed by atoms with van der Waals surface area (Å²) in [4.78, 5) is 14.3. The Morgan fingerprint density at radius 1 is 1.33 bits per heavy atom. The molecule has 0 aliphatic carbocycles. The smallest absolute Gasteiger partial charge is 0.225 e. The SMILES string of the molecule is CC(C)CC(C)C(=O)N1CCCC1(C)C. The molecule has 0 N–H and O–H groups in total. The van der Waals surface area contributed by atoms with Crippen LogP contribution in [0, 0.1) is 11.8 Å². The molecule has 1 saturated heterocycles. The molecule has 0 saturated carbocycles. The van der Waals surface area contributed by atoms with Crippen LogP contribution in [0.2, 0.25) is 0 Å². The van der Waals surface area contributed by atoms with Crippen LogP contribution in [0.1, 0.15) is 53.9 Å². The van der Waals surface area contributed by atoms with Crippen LogP contribution < -0.4 is 0 Å². The van der Waals surface area contributed by atoms with Crippen molar-refractivity contribution >= 4 is 5.91 Å². The number of nitrogens with zero attached hydrogens (tertiary/aromatic N) is 1. The Balaban J connectivity index is 2.60. The maximum absolute atomic E-state index is 12.2. The summed E-state index contributed by atoms with van der Waals surface area (Å²) in [6.07, 6.45) is 3.31. The van der Waals surface area contributed by atoms with Crippen LogP contribution in [-0.2, 0) is 4.79 Å². The van der Waals surface area contributed by atoms with E-state index in [-0.39, 0.29) is 11.5 Å². The van der Waals surface area contributed by atoms with Gasteiger partial charge in [-0.3, -0.25) is 4.79 Å². The van der Waals surface area contributed by atoms with Crippen molar-refractivity contribution in [3.05, 3.63) is 0 Å². The fourth-order valence-electron chi connectivity index (χ4n) is 2.59. The van der Waals surface area contributed by atoms with Crippen LogP contribution in [-0.4, -0.2) is 22.9 Å². The van der Waals surface area contributed by atoms with Crippen molar-refractivity contribution in [2.24, 2.45) is 11.8 Å². The van der Waals surface area contributed by atoms with Gasteiger partial charge in [-0.2, -0.15) is 0 Å². The molecule has 2 heteroatoms. The Labute approximate surface area is 94.0 Å². The van der Waals surface area contributed by atoms with E-state index < -0.39 is 0 Å². The fourth-order valence-corrected chi connectivity index (χ4v) is 2.59. The normalized spacial score (nSPS) is 22.1. The number of likely N-dealkylation sites (tertiary alicyclic amines) is 1. The molecule has 1 unspecified atom stereocenters. The number of rotatable bonds is 3. The van der Waals surface area contributed by atoms with E-state index in [1.807, 2.05) is 0 Å². The maximum Gasteiger partial charge on any atom is 0.225 e. The highest BCUT2D eigenvalue weighted by molar-refractivity contribution is 5.79. The quantitative estimate of drug-likeness (QED) is 0.702. The van der Waals surface area contributed by atoms with Crippen LogP contribution in [0.4, 0.5) is 0 Å². The van der Waals surface area contributed by atoms with Gasteiger partial charge in [0.25, 0.3) is 0 Å². The second kappa shape index (κ2) is 4.54. The minimum atomic E-state index is 0.0856. The van der Waals surface area contributed by atoms with Gasteiger partial charge in [0.05, 0.1) is 0 Å². The Morgan fingerprint density at radius 2 is 1.93 bits per heavy atom. The number of carbonyl (C=O) groups excluding carboxylic acids is 1. The molecule has 0 aromatic carbocycles. The van der Waals surface area contributed by atoms with Gasteiger partial charge in [-0.1, -0.05) is 20.8 Å². The van der Waals surface area contributed by atoms with Crippen molar-refractivity contribution in [1.82, 2.24) is 4.90 Å². The highest BCUT2D eigenvalue weighted by atomic mass is 16.2. The van der Waals surface area contributed by atoms with Gasteiger partial charge < -0.3 is 4.90 Å². The Morgan fingerprint density at radius 3 is 2.33 bits per heavy atom. The molecular formula is C13H25NO. The van der Waals surface area contributed by atoms with Gasteiger partial charge >= 0.3 is 0 Å². The highest BCUT2D eigenvalue weighted by Crippen LogP contribution is 2.30. The lowest BCUT2D eigenvalue weighted by atomic mass is 9.95. The highest BCUT2D eigenvalue weighted by Gasteiger charge is 2.36. The van der Waals surface area contributed by atoms with Crippen LogP contribution in [0.5, 0.6) is 0 Å². The molecule has 0 aromatic rings. The van der Waals surface area contributed by atoms with Crippen LogP contribution in [0.3, 0.4) is 0 Å². The zero-order valence-electron chi connectivity index (χ0n) is 10.8. The van der Waals surface area contributed by atoms with Crippen LogP contribution >= 0.6 is 0 Å². The van der Waals surface area contributed by atoms with E-state index in [2.05, 4.69) is 39.5 Å². The zero-order valence-corrected chi connectivity index (χ0v) is 10.8. The van der Waals surface area contributed by atoms with E-state index >= 15 is 0 Å². The van der Waals surface area contributed by atoms with E-state index in [0.717, 1.165) is 25.8 Å². The lowest BCUT2D eigenvalue weighted by Gasteiger charge is -2.34. The Bertz CT molecular complexity index is 233. The summed E-state index contributed by atoms with van der Waals surface area (Å²) in [6.45, 7) is 11.7. The molecule has 1 amide bonds. The molecule has 1 rings (SSSR count). The molecule has 1 atom stereocenters. The second-order valence-electron chi connectivity index (χ2n) is 5.94. The van der Waals surface area contributed by atoms with Crippen molar-refractivity contribution in [2.45, 2.75) is 59.4 Å². The molecule has 0 spiro atoms. The van der Waals surface area contributed by atoms with Gasteiger partial charge in [0, 0.05) is 18.0 Å². The first kappa shape index (κ1) is 12.5. The van der Waals surface area contributed by atoms with E-state index in [0.29, 0.717) is 11.8 Å². The molecule has 2 nitrogen and oxygen atoms in total. The van der Waals surface area contributed by atoms with Crippen molar-refractivity contribution in [1.29, 1.82) is 0 Å². The molecule has 15 heavy (non-hydrogen) atoms. The number of hydrogen-bond donors (Lipinski definition) is 0. The summed E-state index contributed by atoms with van der Waals surface area (Å²) in [7, 11) is 0. The lowest BCUT2D eigenvalue weighted by Crippen LogP contribution is -2.45. The van der Waals surface area contributed by atoms with Crippen molar-refractivity contribution in [3.8, 4) is 0 Å². The predicted molar refractivity (Wildman–Crippen MR) is 63.6 cm³/mol. The van der Waals surface area contributed by atoms with Gasteiger partial charge in [-0.15, -0.1) is 0 Å². The molecule has 1 fully saturated rings. The number of hydrogen-bond acceptors (Lipinski definition) is 1. The van der Waals surface area contributed by atoms with Crippen molar-refractivity contribution in [2.75, 3.05) is 6.54 Å². The van der Waals surface area contributed by atoms with Gasteiger partial charge in [-0.05, 0) is 39.0 Å². The standard InChI is InChI=1S/C13H25NO/c1-10(2)9-11(3)12(15)14-8-6-7-13(14,4)5/h10-11H,6-9H2,1-5H3. The van der Waals surface area contributed by atoms with Gasteiger partial charge in [0.1, 0.15) is 0 Å². The summed E-state index contributed by atoms with van der Waals surface area (Å²) >= 11 is 0.